The summed E-state index contributed by atoms with van der Waals surface area (Å²) in [5.41, 5.74) is 0.912. The highest BCUT2D eigenvalue weighted by atomic mass is 16.4. The maximum atomic E-state index is 12.2. The zero-order valence-electron chi connectivity index (χ0n) is 11.5. The molecule has 0 heterocycles. The second-order valence-electron chi connectivity index (χ2n) is 4.81. The van der Waals surface area contributed by atoms with Crippen molar-refractivity contribution in [3.63, 3.8) is 0 Å². The molecule has 6 nitrogen and oxygen atoms in total. The van der Waals surface area contributed by atoms with Gasteiger partial charge in [0.05, 0.1) is 23.2 Å². The zero-order chi connectivity index (χ0) is 15.4. The minimum absolute atomic E-state index is 0.310. The Labute approximate surface area is 122 Å². The summed E-state index contributed by atoms with van der Waals surface area (Å²) < 4.78 is 0. The van der Waals surface area contributed by atoms with E-state index in [9.17, 15) is 9.59 Å². The third kappa shape index (κ3) is 3.20. The first-order chi connectivity index (χ1) is 10.0. The van der Waals surface area contributed by atoms with Crippen molar-refractivity contribution in [1.82, 2.24) is 5.32 Å². The number of carboxylic acid groups (broad SMARTS) is 1. The molecular formula is C15H15N3O3. The molecule has 0 aliphatic heterocycles. The first kappa shape index (κ1) is 14.6. The highest BCUT2D eigenvalue weighted by Crippen LogP contribution is 2.20. The SMILES string of the molecule is CN(C(=O)NC1C=CC(C(=O)O)C1)c1ccccc1C#N. The zero-order valence-corrected chi connectivity index (χ0v) is 11.5. The van der Waals surface area contributed by atoms with Crippen LogP contribution in [0.3, 0.4) is 0 Å². The number of nitrogens with one attached hydrogen (secondary N) is 1. The monoisotopic (exact) mass is 285 g/mol. The number of carbonyl (C=O) groups is 2. The summed E-state index contributed by atoms with van der Waals surface area (Å²) in [5, 5.41) is 20.7. The topological polar surface area (TPSA) is 93.4 Å². The predicted octanol–water partition coefficient (Wildman–Crippen LogP) is 1.73. The van der Waals surface area contributed by atoms with Gasteiger partial charge in [0.25, 0.3) is 0 Å². The average Bonchev–Trinajstić information content (AvgIpc) is 2.95. The Morgan fingerprint density at radius 2 is 2.10 bits per heavy atom. The molecule has 0 fully saturated rings. The lowest BCUT2D eigenvalue weighted by molar-refractivity contribution is -0.140. The van der Waals surface area contributed by atoms with Gasteiger partial charge in [-0.3, -0.25) is 9.69 Å². The number of benzene rings is 1. The van der Waals surface area contributed by atoms with E-state index in [1.54, 1.807) is 43.5 Å². The fraction of sp³-hybridized carbons (Fsp3) is 0.267. The van der Waals surface area contributed by atoms with Crippen LogP contribution in [0.1, 0.15) is 12.0 Å². The van der Waals surface area contributed by atoms with Crippen LogP contribution in [0.2, 0.25) is 0 Å². The van der Waals surface area contributed by atoms with Gasteiger partial charge in [0.1, 0.15) is 6.07 Å². The van der Waals surface area contributed by atoms with Crippen molar-refractivity contribution in [2.75, 3.05) is 11.9 Å². The number of anilines is 1. The molecular weight excluding hydrogens is 270 g/mol. The van der Waals surface area contributed by atoms with Crippen molar-refractivity contribution in [3.8, 4) is 6.07 Å². The number of amides is 2. The lowest BCUT2D eigenvalue weighted by atomic mass is 10.1. The van der Waals surface area contributed by atoms with Gasteiger partial charge in [-0.05, 0) is 18.6 Å². The van der Waals surface area contributed by atoms with Crippen molar-refractivity contribution in [2.45, 2.75) is 12.5 Å². The number of carboxylic acids is 1. The third-order valence-corrected chi connectivity index (χ3v) is 3.40. The smallest absolute Gasteiger partial charge is 0.322 e. The van der Waals surface area contributed by atoms with Gasteiger partial charge in [-0.1, -0.05) is 24.3 Å². The minimum Gasteiger partial charge on any atom is -0.481 e. The molecule has 0 radical (unpaired) electrons. The Hall–Kier alpha value is -2.81. The normalized spacial score (nSPS) is 19.8. The molecule has 21 heavy (non-hydrogen) atoms. The fourth-order valence-electron chi connectivity index (χ4n) is 2.21. The number of rotatable bonds is 3. The number of hydrogen-bond donors (Lipinski definition) is 2. The summed E-state index contributed by atoms with van der Waals surface area (Å²) in [4.78, 5) is 24.4. The van der Waals surface area contributed by atoms with Gasteiger partial charge in [0, 0.05) is 7.05 Å². The molecule has 2 rings (SSSR count). The lowest BCUT2D eigenvalue weighted by Gasteiger charge is -2.21. The molecule has 0 spiro atoms. The van der Waals surface area contributed by atoms with E-state index in [1.807, 2.05) is 6.07 Å². The van der Waals surface area contributed by atoms with Crippen molar-refractivity contribution in [2.24, 2.45) is 5.92 Å². The largest absolute Gasteiger partial charge is 0.481 e. The van der Waals surface area contributed by atoms with Gasteiger partial charge >= 0.3 is 12.0 Å². The average molecular weight is 285 g/mol. The Morgan fingerprint density at radius 1 is 1.38 bits per heavy atom. The summed E-state index contributed by atoms with van der Waals surface area (Å²) in [6.07, 6.45) is 3.60. The van der Waals surface area contributed by atoms with Crippen LogP contribution >= 0.6 is 0 Å². The van der Waals surface area contributed by atoms with Crippen molar-refractivity contribution >= 4 is 17.7 Å². The summed E-state index contributed by atoms with van der Waals surface area (Å²) in [6, 6.07) is 8.14. The molecule has 1 aromatic rings. The highest BCUT2D eigenvalue weighted by Gasteiger charge is 2.26. The number of urea groups is 1. The fourth-order valence-corrected chi connectivity index (χ4v) is 2.21. The van der Waals surface area contributed by atoms with E-state index >= 15 is 0 Å². The van der Waals surface area contributed by atoms with Gasteiger partial charge in [0.15, 0.2) is 0 Å². The van der Waals surface area contributed by atoms with Gasteiger partial charge < -0.3 is 10.4 Å². The lowest BCUT2D eigenvalue weighted by Crippen LogP contribution is -2.42. The molecule has 2 N–H and O–H groups in total. The van der Waals surface area contributed by atoms with Crippen LogP contribution < -0.4 is 10.2 Å². The van der Waals surface area contributed by atoms with E-state index in [-0.39, 0.29) is 12.1 Å². The molecule has 108 valence electrons. The van der Waals surface area contributed by atoms with Crippen LogP contribution in [0.4, 0.5) is 10.5 Å². The molecule has 2 amide bonds. The molecule has 1 aliphatic carbocycles. The molecule has 2 atom stereocenters. The quantitative estimate of drug-likeness (QED) is 0.827. The van der Waals surface area contributed by atoms with Crippen LogP contribution in [-0.4, -0.2) is 30.2 Å². The second kappa shape index (κ2) is 6.09. The van der Waals surface area contributed by atoms with Crippen molar-refractivity contribution < 1.29 is 14.7 Å². The van der Waals surface area contributed by atoms with E-state index in [4.69, 9.17) is 10.4 Å². The van der Waals surface area contributed by atoms with Crippen LogP contribution in [0, 0.1) is 17.2 Å². The summed E-state index contributed by atoms with van der Waals surface area (Å²) >= 11 is 0. The van der Waals surface area contributed by atoms with E-state index in [2.05, 4.69) is 5.32 Å². The molecule has 1 aliphatic rings. The van der Waals surface area contributed by atoms with E-state index in [0.29, 0.717) is 17.7 Å². The summed E-state index contributed by atoms with van der Waals surface area (Å²) in [6.45, 7) is 0. The van der Waals surface area contributed by atoms with Crippen LogP contribution in [0.15, 0.2) is 36.4 Å². The van der Waals surface area contributed by atoms with Crippen LogP contribution in [0.5, 0.6) is 0 Å². The maximum Gasteiger partial charge on any atom is 0.322 e. The highest BCUT2D eigenvalue weighted by molar-refractivity contribution is 5.93. The number of carbonyl (C=O) groups excluding carboxylic acids is 1. The standard InChI is InChI=1S/C15H15N3O3/c1-18(13-5-3-2-4-11(13)9-16)15(21)17-12-7-6-10(8-12)14(19)20/h2-7,10,12H,8H2,1H3,(H,17,21)(H,19,20). The summed E-state index contributed by atoms with van der Waals surface area (Å²) in [5.74, 6) is -1.46. The second-order valence-corrected chi connectivity index (χ2v) is 4.81. The molecule has 0 saturated heterocycles. The van der Waals surface area contributed by atoms with E-state index in [0.717, 1.165) is 0 Å². The van der Waals surface area contributed by atoms with Gasteiger partial charge in [-0.2, -0.15) is 5.26 Å². The van der Waals surface area contributed by atoms with Crippen molar-refractivity contribution in [1.29, 1.82) is 5.26 Å². The van der Waals surface area contributed by atoms with Gasteiger partial charge in [-0.15, -0.1) is 0 Å². The molecule has 2 unspecified atom stereocenters. The maximum absolute atomic E-state index is 12.2. The third-order valence-electron chi connectivity index (χ3n) is 3.40. The molecule has 0 bridgehead atoms. The first-order valence-electron chi connectivity index (χ1n) is 6.47. The van der Waals surface area contributed by atoms with Gasteiger partial charge in [-0.25, -0.2) is 4.79 Å². The van der Waals surface area contributed by atoms with E-state index in [1.165, 1.54) is 4.90 Å². The number of para-hydroxylation sites is 1. The first-order valence-corrected chi connectivity index (χ1v) is 6.47. The Balaban J connectivity index is 2.03. The Morgan fingerprint density at radius 3 is 2.71 bits per heavy atom. The van der Waals surface area contributed by atoms with Crippen LogP contribution in [-0.2, 0) is 4.79 Å². The van der Waals surface area contributed by atoms with Crippen molar-refractivity contribution in [3.05, 3.63) is 42.0 Å². The molecule has 0 saturated carbocycles. The number of hydrogen-bond acceptors (Lipinski definition) is 3. The van der Waals surface area contributed by atoms with Crippen LogP contribution in [0.25, 0.3) is 0 Å². The van der Waals surface area contributed by atoms with E-state index < -0.39 is 11.9 Å². The molecule has 1 aromatic carbocycles. The predicted molar refractivity (Wildman–Crippen MR) is 76.8 cm³/mol. The Kier molecular flexibility index (Phi) is 4.24. The van der Waals surface area contributed by atoms with Gasteiger partial charge in [0.2, 0.25) is 0 Å². The minimum atomic E-state index is -0.897. The Bertz CT molecular complexity index is 633. The number of aliphatic carboxylic acids is 1. The molecule has 0 aromatic heterocycles. The number of nitrogens with zero attached hydrogens (tertiary/aromatic N) is 2. The summed E-state index contributed by atoms with van der Waals surface area (Å²) in [7, 11) is 1.57. The molecule has 6 heteroatoms. The number of nitriles is 1.